The normalized spacial score (nSPS) is 11.2. The molecule has 1 aromatic carbocycles. The molecule has 136 valence electrons. The van der Waals surface area contributed by atoms with E-state index in [0.717, 1.165) is 33.8 Å². The number of carbonyl (C=O) groups excluding carboxylic acids is 1. The maximum Gasteiger partial charge on any atom is 0.191 e. The molecule has 0 spiro atoms. The highest BCUT2D eigenvalue weighted by atomic mass is 32.2. The lowest BCUT2D eigenvalue weighted by molar-refractivity contribution is 0.102. The lowest BCUT2D eigenvalue weighted by Gasteiger charge is -2.13. The molecule has 0 fully saturated rings. The van der Waals surface area contributed by atoms with Crippen LogP contribution in [0.2, 0.25) is 0 Å². The number of rotatable bonds is 5. The summed E-state index contributed by atoms with van der Waals surface area (Å²) in [5, 5.41) is 9.20. The van der Waals surface area contributed by atoms with E-state index < -0.39 is 0 Å². The molecule has 0 N–H and O–H groups in total. The SMILES string of the molecule is Cc1cc(C(=O)CSc2nnc(-c3ccoc3C)n2C)c(C)c(C)c1C. The molecule has 3 rings (SSSR count). The Balaban J connectivity index is 1.79. The summed E-state index contributed by atoms with van der Waals surface area (Å²) in [6.07, 6.45) is 1.64. The Morgan fingerprint density at radius 2 is 1.85 bits per heavy atom. The van der Waals surface area contributed by atoms with Crippen molar-refractivity contribution in [3.8, 4) is 11.4 Å². The Hall–Kier alpha value is -2.34. The van der Waals surface area contributed by atoms with Crippen LogP contribution in [-0.4, -0.2) is 26.3 Å². The first-order chi connectivity index (χ1) is 12.3. The highest BCUT2D eigenvalue weighted by Gasteiger charge is 2.18. The van der Waals surface area contributed by atoms with E-state index in [2.05, 4.69) is 24.0 Å². The smallest absolute Gasteiger partial charge is 0.191 e. The summed E-state index contributed by atoms with van der Waals surface area (Å²) in [7, 11) is 1.90. The molecule has 0 saturated heterocycles. The molecule has 3 aromatic rings. The van der Waals surface area contributed by atoms with Crippen molar-refractivity contribution in [1.29, 1.82) is 0 Å². The van der Waals surface area contributed by atoms with Crippen LogP contribution in [-0.2, 0) is 7.05 Å². The largest absolute Gasteiger partial charge is 0.469 e. The first-order valence-electron chi connectivity index (χ1n) is 8.48. The van der Waals surface area contributed by atoms with Gasteiger partial charge in [-0.15, -0.1) is 10.2 Å². The number of Topliss-reactive ketones (excluding diaryl/α,β-unsaturated/α-hetero) is 1. The van der Waals surface area contributed by atoms with Gasteiger partial charge in [0.2, 0.25) is 0 Å². The minimum Gasteiger partial charge on any atom is -0.469 e. The molecule has 0 aliphatic carbocycles. The molecular weight excluding hydrogens is 346 g/mol. The van der Waals surface area contributed by atoms with Crippen molar-refractivity contribution in [2.45, 2.75) is 39.8 Å². The molecule has 0 saturated carbocycles. The summed E-state index contributed by atoms with van der Waals surface area (Å²) < 4.78 is 7.24. The fourth-order valence-electron chi connectivity index (χ4n) is 3.00. The van der Waals surface area contributed by atoms with Crippen LogP contribution in [0.1, 0.15) is 38.4 Å². The van der Waals surface area contributed by atoms with Gasteiger partial charge >= 0.3 is 0 Å². The number of benzene rings is 1. The number of aromatic nitrogens is 3. The number of ketones is 1. The van der Waals surface area contributed by atoms with Crippen molar-refractivity contribution >= 4 is 17.5 Å². The summed E-state index contributed by atoms with van der Waals surface area (Å²) in [5.41, 5.74) is 6.36. The number of furan rings is 1. The number of nitrogens with zero attached hydrogens (tertiary/aromatic N) is 3. The van der Waals surface area contributed by atoms with E-state index >= 15 is 0 Å². The predicted octanol–water partition coefficient (Wildman–Crippen LogP) is 4.59. The van der Waals surface area contributed by atoms with Crippen LogP contribution in [0.15, 0.2) is 28.0 Å². The van der Waals surface area contributed by atoms with Crippen LogP contribution in [0.25, 0.3) is 11.4 Å². The molecule has 2 aromatic heterocycles. The van der Waals surface area contributed by atoms with Crippen LogP contribution in [0, 0.1) is 34.6 Å². The van der Waals surface area contributed by atoms with Gasteiger partial charge in [0.15, 0.2) is 16.8 Å². The Kier molecular flexibility index (Phi) is 5.05. The lowest BCUT2D eigenvalue weighted by Crippen LogP contribution is -2.08. The molecule has 0 aliphatic heterocycles. The number of thioether (sulfide) groups is 1. The number of hydrogen-bond donors (Lipinski definition) is 0. The summed E-state index contributed by atoms with van der Waals surface area (Å²) >= 11 is 1.41. The lowest BCUT2D eigenvalue weighted by atomic mass is 9.93. The third kappa shape index (κ3) is 3.21. The summed E-state index contributed by atoms with van der Waals surface area (Å²) in [6, 6.07) is 3.87. The molecule has 0 bridgehead atoms. The first kappa shape index (κ1) is 18.5. The van der Waals surface area contributed by atoms with Crippen molar-refractivity contribution in [1.82, 2.24) is 14.8 Å². The van der Waals surface area contributed by atoms with Gasteiger partial charge in [0.1, 0.15) is 5.76 Å². The molecular formula is C20H23N3O2S. The molecule has 0 atom stereocenters. The van der Waals surface area contributed by atoms with Gasteiger partial charge in [-0.2, -0.15) is 0 Å². The zero-order valence-corrected chi connectivity index (χ0v) is 16.8. The van der Waals surface area contributed by atoms with Crippen molar-refractivity contribution < 1.29 is 9.21 Å². The standard InChI is InChI=1S/C20H23N3O2S/c1-11-9-17(14(4)13(3)12(11)2)18(24)10-26-20-22-21-19(23(20)6)16-7-8-25-15(16)5/h7-9H,10H2,1-6H3. The number of hydrogen-bond acceptors (Lipinski definition) is 5. The third-order valence-electron chi connectivity index (χ3n) is 5.05. The third-order valence-corrected chi connectivity index (χ3v) is 6.07. The van der Waals surface area contributed by atoms with E-state index in [0.29, 0.717) is 10.9 Å². The van der Waals surface area contributed by atoms with Crippen LogP contribution in [0.5, 0.6) is 0 Å². The number of carbonyl (C=O) groups is 1. The highest BCUT2D eigenvalue weighted by molar-refractivity contribution is 7.99. The van der Waals surface area contributed by atoms with Gasteiger partial charge in [0, 0.05) is 12.6 Å². The Bertz CT molecular complexity index is 985. The van der Waals surface area contributed by atoms with E-state index in [1.165, 1.54) is 22.9 Å². The molecule has 0 unspecified atom stereocenters. The fraction of sp³-hybridized carbons (Fsp3) is 0.350. The fourth-order valence-corrected chi connectivity index (χ4v) is 3.80. The second kappa shape index (κ2) is 7.11. The minimum absolute atomic E-state index is 0.114. The van der Waals surface area contributed by atoms with Gasteiger partial charge < -0.3 is 8.98 Å². The van der Waals surface area contributed by atoms with Crippen molar-refractivity contribution in [2.24, 2.45) is 7.05 Å². The van der Waals surface area contributed by atoms with Gasteiger partial charge in [0.25, 0.3) is 0 Å². The molecule has 0 aliphatic rings. The maximum atomic E-state index is 12.8. The van der Waals surface area contributed by atoms with E-state index in [4.69, 9.17) is 4.42 Å². The average molecular weight is 369 g/mol. The Morgan fingerprint density at radius 1 is 1.12 bits per heavy atom. The second-order valence-corrected chi connectivity index (χ2v) is 7.53. The monoisotopic (exact) mass is 369 g/mol. The molecule has 0 radical (unpaired) electrons. The highest BCUT2D eigenvalue weighted by Crippen LogP contribution is 2.27. The van der Waals surface area contributed by atoms with E-state index in [1.807, 2.05) is 44.5 Å². The van der Waals surface area contributed by atoms with Gasteiger partial charge in [0.05, 0.1) is 17.6 Å². The average Bonchev–Trinajstić information content (AvgIpc) is 3.19. The van der Waals surface area contributed by atoms with E-state index in [1.54, 1.807) is 6.26 Å². The van der Waals surface area contributed by atoms with E-state index in [-0.39, 0.29) is 5.78 Å². The molecule has 0 amide bonds. The molecule has 2 heterocycles. The Labute approximate surface area is 157 Å². The van der Waals surface area contributed by atoms with Crippen molar-refractivity contribution in [3.63, 3.8) is 0 Å². The van der Waals surface area contributed by atoms with Crippen LogP contribution < -0.4 is 0 Å². The van der Waals surface area contributed by atoms with Crippen LogP contribution in [0.4, 0.5) is 0 Å². The zero-order chi connectivity index (χ0) is 19.0. The van der Waals surface area contributed by atoms with Gasteiger partial charge in [-0.05, 0) is 69.0 Å². The molecule has 5 nitrogen and oxygen atoms in total. The molecule has 26 heavy (non-hydrogen) atoms. The second-order valence-electron chi connectivity index (χ2n) is 6.58. The van der Waals surface area contributed by atoms with E-state index in [9.17, 15) is 4.79 Å². The van der Waals surface area contributed by atoms with Crippen molar-refractivity contribution in [2.75, 3.05) is 5.75 Å². The first-order valence-corrected chi connectivity index (χ1v) is 9.47. The summed E-state index contributed by atoms with van der Waals surface area (Å²) in [6.45, 7) is 10.1. The number of aryl methyl sites for hydroxylation is 2. The van der Waals surface area contributed by atoms with Crippen molar-refractivity contribution in [3.05, 3.63) is 52.0 Å². The quantitative estimate of drug-likeness (QED) is 0.486. The summed E-state index contributed by atoms with van der Waals surface area (Å²) in [4.78, 5) is 12.8. The van der Waals surface area contributed by atoms with Gasteiger partial charge in [-0.3, -0.25) is 4.79 Å². The van der Waals surface area contributed by atoms with Gasteiger partial charge in [-0.1, -0.05) is 11.8 Å². The zero-order valence-electron chi connectivity index (χ0n) is 16.0. The van der Waals surface area contributed by atoms with Gasteiger partial charge in [-0.25, -0.2) is 0 Å². The minimum atomic E-state index is 0.114. The summed E-state index contributed by atoms with van der Waals surface area (Å²) in [5.74, 6) is 1.99. The predicted molar refractivity (Wildman–Crippen MR) is 104 cm³/mol. The maximum absolute atomic E-state index is 12.8. The van der Waals surface area contributed by atoms with Crippen LogP contribution in [0.3, 0.4) is 0 Å². The van der Waals surface area contributed by atoms with Crippen LogP contribution >= 0.6 is 11.8 Å². The molecule has 6 heteroatoms. The Morgan fingerprint density at radius 3 is 2.50 bits per heavy atom. The topological polar surface area (TPSA) is 60.9 Å².